The van der Waals surface area contributed by atoms with Crippen molar-refractivity contribution < 1.29 is 22.2 Å². The first-order valence-electron chi connectivity index (χ1n) is 5.98. The average Bonchev–Trinajstić information content (AvgIpc) is 3.14. The van der Waals surface area contributed by atoms with Gasteiger partial charge in [0.2, 0.25) is 0 Å². The second-order valence-corrected chi connectivity index (χ2v) is 4.37. The number of halogens is 1. The zero-order valence-electron chi connectivity index (χ0n) is 10.7. The van der Waals surface area contributed by atoms with E-state index in [0.29, 0.717) is 10.6 Å². The van der Waals surface area contributed by atoms with Gasteiger partial charge in [0.1, 0.15) is 5.76 Å². The maximum atomic E-state index is 9.89. The van der Waals surface area contributed by atoms with E-state index in [-0.39, 0.29) is 22.8 Å². The number of hydrogen-bond donors (Lipinski definition) is 1. The van der Waals surface area contributed by atoms with Crippen LogP contribution in [0.15, 0.2) is 84.5 Å². The van der Waals surface area contributed by atoms with Crippen molar-refractivity contribution >= 4 is 17.4 Å². The van der Waals surface area contributed by atoms with E-state index >= 15 is 0 Å². The minimum atomic E-state index is 0. The molecule has 0 amide bonds. The molecular formula is C17H14ClFeO-. The predicted octanol–water partition coefficient (Wildman–Crippen LogP) is 5.14. The molecule has 1 nitrogen and oxygen atoms in total. The van der Waals surface area contributed by atoms with Crippen LogP contribution in [0.4, 0.5) is 0 Å². The summed E-state index contributed by atoms with van der Waals surface area (Å²) in [6, 6.07) is 17.2. The summed E-state index contributed by atoms with van der Waals surface area (Å²) in [6.07, 6.45) is 7.45. The van der Waals surface area contributed by atoms with Gasteiger partial charge >= 0.3 is 0 Å². The zero-order valence-corrected chi connectivity index (χ0v) is 12.5. The van der Waals surface area contributed by atoms with Crippen LogP contribution in [0.5, 0.6) is 0 Å². The van der Waals surface area contributed by atoms with Crippen LogP contribution in [-0.4, -0.2) is 5.11 Å². The molecule has 0 radical (unpaired) electrons. The standard InChI is InChI=1S/C12H9ClO.C5H5.Fe/c13-11-8-4-3-7-10(11)12(14)9-5-1-2-6-9;1-2-4-5-3-1;/h1-8,14H;1-5H;/q;-1;. The van der Waals surface area contributed by atoms with E-state index in [2.05, 4.69) is 0 Å². The van der Waals surface area contributed by atoms with Crippen molar-refractivity contribution in [1.29, 1.82) is 0 Å². The second kappa shape index (κ2) is 8.55. The quantitative estimate of drug-likeness (QED) is 0.437. The normalized spacial score (nSPS) is 11.6. The fourth-order valence-electron chi connectivity index (χ4n) is 1.66. The fraction of sp³-hybridized carbons (Fsp3) is 0. The van der Waals surface area contributed by atoms with E-state index < -0.39 is 0 Å². The Morgan fingerprint density at radius 1 is 0.950 bits per heavy atom. The van der Waals surface area contributed by atoms with Gasteiger partial charge in [0.15, 0.2) is 0 Å². The summed E-state index contributed by atoms with van der Waals surface area (Å²) in [7, 11) is 0. The Labute approximate surface area is 134 Å². The zero-order chi connectivity index (χ0) is 13.5. The number of hydrogen-bond acceptors (Lipinski definition) is 1. The van der Waals surface area contributed by atoms with Crippen molar-refractivity contribution in [1.82, 2.24) is 0 Å². The molecule has 0 aromatic heterocycles. The Balaban J connectivity index is 0.000000283. The number of allylic oxidation sites excluding steroid dienone is 5. The smallest absolute Gasteiger partial charge is 0.131 e. The van der Waals surface area contributed by atoms with Gasteiger partial charge in [0, 0.05) is 28.2 Å². The fourth-order valence-corrected chi connectivity index (χ4v) is 1.89. The van der Waals surface area contributed by atoms with Gasteiger partial charge in [-0.1, -0.05) is 48.0 Å². The SMILES string of the molecule is OC(=C1C=CC=C1)c1ccccc1Cl.[Fe].c1cc[cH-]c1. The number of aliphatic hydroxyl groups excluding tert-OH is 1. The van der Waals surface area contributed by atoms with Crippen LogP contribution in [0.2, 0.25) is 5.02 Å². The Bertz CT molecular complexity index is 578. The van der Waals surface area contributed by atoms with E-state index in [1.807, 2.05) is 66.8 Å². The van der Waals surface area contributed by atoms with Gasteiger partial charge in [0.25, 0.3) is 0 Å². The molecular weight excluding hydrogens is 311 g/mol. The molecule has 2 aromatic rings. The van der Waals surface area contributed by atoms with Crippen LogP contribution in [-0.2, 0) is 17.1 Å². The van der Waals surface area contributed by atoms with Crippen LogP contribution < -0.4 is 0 Å². The summed E-state index contributed by atoms with van der Waals surface area (Å²) in [5.41, 5.74) is 1.46. The van der Waals surface area contributed by atoms with Gasteiger partial charge in [-0.15, -0.1) is 0 Å². The molecule has 1 aliphatic rings. The van der Waals surface area contributed by atoms with Crippen molar-refractivity contribution in [3.63, 3.8) is 0 Å². The summed E-state index contributed by atoms with van der Waals surface area (Å²) in [4.78, 5) is 0. The molecule has 0 atom stereocenters. The Hall–Kier alpha value is -1.60. The molecule has 104 valence electrons. The second-order valence-electron chi connectivity index (χ2n) is 3.96. The van der Waals surface area contributed by atoms with E-state index in [1.165, 1.54) is 0 Å². The predicted molar refractivity (Wildman–Crippen MR) is 81.3 cm³/mol. The summed E-state index contributed by atoms with van der Waals surface area (Å²) >= 11 is 5.96. The maximum Gasteiger partial charge on any atom is 0.131 e. The van der Waals surface area contributed by atoms with Crippen LogP contribution in [0.3, 0.4) is 0 Å². The van der Waals surface area contributed by atoms with E-state index in [9.17, 15) is 5.11 Å². The van der Waals surface area contributed by atoms with Crippen LogP contribution >= 0.6 is 11.6 Å². The van der Waals surface area contributed by atoms with E-state index in [0.717, 1.165) is 5.57 Å². The third-order valence-corrected chi connectivity index (χ3v) is 2.95. The summed E-state index contributed by atoms with van der Waals surface area (Å²) in [5, 5.41) is 10.5. The summed E-state index contributed by atoms with van der Waals surface area (Å²) in [5.74, 6) is 0.223. The molecule has 3 heteroatoms. The van der Waals surface area contributed by atoms with Crippen molar-refractivity contribution in [3.05, 3.63) is 95.1 Å². The molecule has 0 saturated carbocycles. The first-order chi connectivity index (χ1) is 9.29. The van der Waals surface area contributed by atoms with Crippen LogP contribution in [0, 0.1) is 0 Å². The van der Waals surface area contributed by atoms with Gasteiger partial charge in [-0.2, -0.15) is 18.2 Å². The first kappa shape index (κ1) is 16.5. The van der Waals surface area contributed by atoms with Gasteiger partial charge < -0.3 is 5.11 Å². The number of aliphatic hydroxyl groups is 1. The molecule has 0 bridgehead atoms. The minimum Gasteiger partial charge on any atom is -0.507 e. The van der Waals surface area contributed by atoms with E-state index in [4.69, 9.17) is 11.6 Å². The first-order valence-corrected chi connectivity index (χ1v) is 6.36. The Morgan fingerprint density at radius 3 is 2.05 bits per heavy atom. The maximum absolute atomic E-state index is 9.89. The molecule has 1 aliphatic carbocycles. The number of benzene rings is 1. The Morgan fingerprint density at radius 2 is 1.55 bits per heavy atom. The average molecular weight is 326 g/mol. The third kappa shape index (κ3) is 4.50. The largest absolute Gasteiger partial charge is 0.507 e. The minimum absolute atomic E-state index is 0. The summed E-state index contributed by atoms with van der Waals surface area (Å²) in [6.45, 7) is 0. The number of rotatable bonds is 1. The molecule has 1 N–H and O–H groups in total. The van der Waals surface area contributed by atoms with Gasteiger partial charge in [-0.05, 0) is 12.1 Å². The topological polar surface area (TPSA) is 20.2 Å². The molecule has 0 unspecified atom stereocenters. The summed E-state index contributed by atoms with van der Waals surface area (Å²) < 4.78 is 0. The van der Waals surface area contributed by atoms with Crippen molar-refractivity contribution in [3.8, 4) is 0 Å². The molecule has 0 spiro atoms. The third-order valence-electron chi connectivity index (χ3n) is 2.62. The molecule has 2 aromatic carbocycles. The van der Waals surface area contributed by atoms with Gasteiger partial charge in [-0.3, -0.25) is 0 Å². The van der Waals surface area contributed by atoms with Crippen molar-refractivity contribution in [2.75, 3.05) is 0 Å². The Kier molecular flexibility index (Phi) is 7.03. The van der Waals surface area contributed by atoms with Crippen molar-refractivity contribution in [2.45, 2.75) is 0 Å². The molecule has 0 aliphatic heterocycles. The molecule has 0 heterocycles. The molecule has 0 saturated heterocycles. The van der Waals surface area contributed by atoms with Crippen molar-refractivity contribution in [2.24, 2.45) is 0 Å². The monoisotopic (exact) mass is 325 g/mol. The molecule has 20 heavy (non-hydrogen) atoms. The van der Waals surface area contributed by atoms with Gasteiger partial charge in [-0.25, -0.2) is 12.1 Å². The van der Waals surface area contributed by atoms with Gasteiger partial charge in [0.05, 0.1) is 5.02 Å². The van der Waals surface area contributed by atoms with Crippen LogP contribution in [0.1, 0.15) is 5.56 Å². The van der Waals surface area contributed by atoms with E-state index in [1.54, 1.807) is 12.1 Å². The van der Waals surface area contributed by atoms with Crippen LogP contribution in [0.25, 0.3) is 5.76 Å². The molecule has 0 fully saturated rings. The molecule has 3 rings (SSSR count).